The molecular formula is C22H18N2O6. The van der Waals surface area contributed by atoms with Gasteiger partial charge in [-0.2, -0.15) is 0 Å². The summed E-state index contributed by atoms with van der Waals surface area (Å²) < 4.78 is 12.6. The Hall–Kier alpha value is -3.91. The molecule has 2 aromatic carbocycles. The van der Waals surface area contributed by atoms with Crippen molar-refractivity contribution in [1.82, 2.24) is 4.57 Å². The Balaban J connectivity index is 1.81. The van der Waals surface area contributed by atoms with Gasteiger partial charge in [-0.15, -0.1) is 0 Å². The first kappa shape index (κ1) is 19.4. The molecule has 0 fully saturated rings. The molecular weight excluding hydrogens is 388 g/mol. The third-order valence-electron chi connectivity index (χ3n) is 5.08. The number of non-ortho nitro benzene ring substituents is 1. The summed E-state index contributed by atoms with van der Waals surface area (Å²) in [6.45, 7) is 1.57. The number of hydrogen-bond donors (Lipinski definition) is 1. The van der Waals surface area contributed by atoms with Crippen molar-refractivity contribution in [3.05, 3.63) is 81.7 Å². The second-order valence-corrected chi connectivity index (χ2v) is 6.69. The lowest BCUT2D eigenvalue weighted by molar-refractivity contribution is -0.384. The molecule has 0 bridgehead atoms. The minimum absolute atomic E-state index is 0.0619. The van der Waals surface area contributed by atoms with Crippen LogP contribution in [0.1, 0.15) is 21.8 Å². The van der Waals surface area contributed by atoms with Gasteiger partial charge in [0.2, 0.25) is 0 Å². The SMILES string of the molecule is COc1ccc([N+](=O)[O-])cc1-c1ccc(C(=O)n2c(C)c(CO)c3ccccc32)o1. The number of rotatable bonds is 5. The number of aliphatic hydroxyl groups excluding tert-OH is 1. The first-order valence-corrected chi connectivity index (χ1v) is 9.13. The van der Waals surface area contributed by atoms with Gasteiger partial charge >= 0.3 is 0 Å². The van der Waals surface area contributed by atoms with Gasteiger partial charge in [0.15, 0.2) is 5.76 Å². The van der Waals surface area contributed by atoms with Gasteiger partial charge < -0.3 is 14.3 Å². The van der Waals surface area contributed by atoms with Crippen molar-refractivity contribution in [2.75, 3.05) is 7.11 Å². The molecule has 2 heterocycles. The highest BCUT2D eigenvalue weighted by Crippen LogP contribution is 2.35. The molecule has 152 valence electrons. The third kappa shape index (κ3) is 3.03. The van der Waals surface area contributed by atoms with Crippen molar-refractivity contribution in [1.29, 1.82) is 0 Å². The lowest BCUT2D eigenvalue weighted by atomic mass is 10.1. The quantitative estimate of drug-likeness (QED) is 0.391. The normalized spacial score (nSPS) is 11.0. The van der Waals surface area contributed by atoms with Crippen LogP contribution in [-0.4, -0.2) is 27.6 Å². The number of nitro groups is 1. The molecule has 0 unspecified atom stereocenters. The average Bonchev–Trinajstić information content (AvgIpc) is 3.35. The summed E-state index contributed by atoms with van der Waals surface area (Å²) in [5.74, 6) is 0.320. The zero-order valence-corrected chi connectivity index (χ0v) is 16.3. The molecule has 0 amide bonds. The van der Waals surface area contributed by atoms with E-state index in [0.29, 0.717) is 28.1 Å². The number of methoxy groups -OCH3 is 1. The Kier molecular flexibility index (Phi) is 4.85. The molecule has 0 saturated carbocycles. The van der Waals surface area contributed by atoms with Gasteiger partial charge in [0.25, 0.3) is 11.6 Å². The second-order valence-electron chi connectivity index (χ2n) is 6.69. The van der Waals surface area contributed by atoms with Crippen molar-refractivity contribution in [3.63, 3.8) is 0 Å². The van der Waals surface area contributed by atoms with E-state index < -0.39 is 10.8 Å². The summed E-state index contributed by atoms with van der Waals surface area (Å²) >= 11 is 0. The Morgan fingerprint density at radius 1 is 1.20 bits per heavy atom. The van der Waals surface area contributed by atoms with Crippen molar-refractivity contribution in [2.45, 2.75) is 13.5 Å². The van der Waals surface area contributed by atoms with Crippen LogP contribution in [0, 0.1) is 17.0 Å². The Morgan fingerprint density at radius 2 is 1.97 bits per heavy atom. The van der Waals surface area contributed by atoms with Crippen LogP contribution in [0.15, 0.2) is 59.0 Å². The molecule has 30 heavy (non-hydrogen) atoms. The van der Waals surface area contributed by atoms with Crippen molar-refractivity contribution in [3.8, 4) is 17.1 Å². The summed E-state index contributed by atoms with van der Waals surface area (Å²) in [6, 6.07) is 14.5. The van der Waals surface area contributed by atoms with E-state index in [1.807, 2.05) is 18.2 Å². The second kappa shape index (κ2) is 7.49. The summed E-state index contributed by atoms with van der Waals surface area (Å²) in [5.41, 5.74) is 2.21. The standard InChI is InChI=1S/C22H18N2O6/c1-13-17(12-25)15-5-3-4-6-18(15)23(13)22(26)21-10-9-20(30-21)16-11-14(24(27)28)7-8-19(16)29-2/h3-11,25H,12H2,1-2H3. The van der Waals surface area contributed by atoms with Crippen molar-refractivity contribution in [2.24, 2.45) is 0 Å². The Morgan fingerprint density at radius 3 is 2.67 bits per heavy atom. The molecule has 0 aliphatic carbocycles. The van der Waals surface area contributed by atoms with E-state index in [1.54, 1.807) is 19.1 Å². The molecule has 0 spiro atoms. The molecule has 4 aromatic rings. The number of hydrogen-bond acceptors (Lipinski definition) is 6. The molecule has 4 rings (SSSR count). The van der Waals surface area contributed by atoms with Gasteiger partial charge in [-0.3, -0.25) is 19.5 Å². The van der Waals surface area contributed by atoms with E-state index in [2.05, 4.69) is 0 Å². The van der Waals surface area contributed by atoms with Crippen molar-refractivity contribution < 1.29 is 24.0 Å². The molecule has 0 atom stereocenters. The number of nitrogens with zero attached hydrogens (tertiary/aromatic N) is 2. The van der Waals surface area contributed by atoms with Crippen molar-refractivity contribution >= 4 is 22.5 Å². The van der Waals surface area contributed by atoms with Gasteiger partial charge in [-0.25, -0.2) is 0 Å². The topological polar surface area (TPSA) is 108 Å². The predicted octanol–water partition coefficient (Wildman–Crippen LogP) is 4.31. The highest BCUT2D eigenvalue weighted by molar-refractivity contribution is 6.02. The summed E-state index contributed by atoms with van der Waals surface area (Å²) in [7, 11) is 1.45. The molecule has 0 aliphatic rings. The number of benzene rings is 2. The Labute approximate surface area is 171 Å². The zero-order valence-electron chi connectivity index (χ0n) is 16.3. The maximum atomic E-state index is 13.2. The van der Waals surface area contributed by atoms with Gasteiger partial charge in [-0.1, -0.05) is 18.2 Å². The van der Waals surface area contributed by atoms with Crippen LogP contribution in [0.3, 0.4) is 0 Å². The van der Waals surface area contributed by atoms with Gasteiger partial charge in [0.1, 0.15) is 11.5 Å². The number of nitro benzene ring substituents is 1. The lowest BCUT2D eigenvalue weighted by Crippen LogP contribution is -2.12. The lowest BCUT2D eigenvalue weighted by Gasteiger charge is -2.07. The number of fused-ring (bicyclic) bond motifs is 1. The number of carbonyl (C=O) groups is 1. The van der Waals surface area contributed by atoms with Crippen LogP contribution < -0.4 is 4.74 Å². The summed E-state index contributed by atoms with van der Waals surface area (Å²) in [5, 5.41) is 21.7. The third-order valence-corrected chi connectivity index (χ3v) is 5.08. The molecule has 2 aromatic heterocycles. The largest absolute Gasteiger partial charge is 0.496 e. The number of carbonyl (C=O) groups excluding carboxylic acids is 1. The predicted molar refractivity (Wildman–Crippen MR) is 110 cm³/mol. The van der Waals surface area contributed by atoms with Crippen LogP contribution in [0.4, 0.5) is 5.69 Å². The molecule has 8 nitrogen and oxygen atoms in total. The number of para-hydroxylation sites is 1. The molecule has 1 N–H and O–H groups in total. The number of aromatic nitrogens is 1. The molecule has 0 radical (unpaired) electrons. The number of furan rings is 1. The monoisotopic (exact) mass is 406 g/mol. The highest BCUT2D eigenvalue weighted by Gasteiger charge is 2.23. The molecule has 8 heteroatoms. The fourth-order valence-corrected chi connectivity index (χ4v) is 3.61. The average molecular weight is 406 g/mol. The maximum absolute atomic E-state index is 13.2. The first-order chi connectivity index (χ1) is 14.5. The number of aliphatic hydroxyl groups is 1. The fraction of sp³-hybridized carbons (Fsp3) is 0.136. The van der Waals surface area contributed by atoms with Crippen LogP contribution in [0.25, 0.3) is 22.2 Å². The van der Waals surface area contributed by atoms with Gasteiger partial charge in [0.05, 0.1) is 29.7 Å². The van der Waals surface area contributed by atoms with E-state index in [1.165, 1.54) is 35.9 Å². The minimum Gasteiger partial charge on any atom is -0.496 e. The summed E-state index contributed by atoms with van der Waals surface area (Å²) in [6.07, 6.45) is 0. The Bertz CT molecular complexity index is 1280. The van der Waals surface area contributed by atoms with Gasteiger partial charge in [-0.05, 0) is 31.2 Å². The fourth-order valence-electron chi connectivity index (χ4n) is 3.61. The van der Waals surface area contributed by atoms with Crippen LogP contribution in [-0.2, 0) is 6.61 Å². The maximum Gasteiger partial charge on any atom is 0.298 e. The minimum atomic E-state index is -0.510. The van der Waals surface area contributed by atoms with Crippen LogP contribution in [0.5, 0.6) is 5.75 Å². The van der Waals surface area contributed by atoms with Crippen LogP contribution >= 0.6 is 0 Å². The van der Waals surface area contributed by atoms with E-state index in [4.69, 9.17) is 9.15 Å². The first-order valence-electron chi connectivity index (χ1n) is 9.13. The molecule has 0 saturated heterocycles. The summed E-state index contributed by atoms with van der Waals surface area (Å²) in [4.78, 5) is 23.9. The number of ether oxygens (including phenoxy) is 1. The van der Waals surface area contributed by atoms with E-state index in [-0.39, 0.29) is 23.8 Å². The van der Waals surface area contributed by atoms with E-state index in [9.17, 15) is 20.0 Å². The van der Waals surface area contributed by atoms with E-state index >= 15 is 0 Å². The highest BCUT2D eigenvalue weighted by atomic mass is 16.6. The van der Waals surface area contributed by atoms with E-state index in [0.717, 1.165) is 5.39 Å². The van der Waals surface area contributed by atoms with Crippen LogP contribution in [0.2, 0.25) is 0 Å². The smallest absolute Gasteiger partial charge is 0.298 e. The van der Waals surface area contributed by atoms with Gasteiger partial charge in [0, 0.05) is 28.8 Å². The molecule has 0 aliphatic heterocycles. The zero-order chi connectivity index (χ0) is 21.4.